The van der Waals surface area contributed by atoms with Crippen LogP contribution < -0.4 is 4.90 Å². The summed E-state index contributed by atoms with van der Waals surface area (Å²) in [6, 6.07) is 18.0. The summed E-state index contributed by atoms with van der Waals surface area (Å²) < 4.78 is 29.1. The summed E-state index contributed by atoms with van der Waals surface area (Å²) in [5.41, 5.74) is 3.19. The average molecular weight is 535 g/mol. The third-order valence-corrected chi connectivity index (χ3v) is 9.89. The van der Waals surface area contributed by atoms with Crippen LogP contribution in [0.5, 0.6) is 0 Å². The van der Waals surface area contributed by atoms with Gasteiger partial charge >= 0.3 is 0 Å². The van der Waals surface area contributed by atoms with Crippen LogP contribution >= 0.6 is 11.3 Å². The molecule has 1 amide bonds. The van der Waals surface area contributed by atoms with Crippen molar-refractivity contribution < 1.29 is 13.2 Å². The van der Waals surface area contributed by atoms with E-state index in [0.29, 0.717) is 17.2 Å². The Labute approximate surface area is 221 Å². The number of thiazole rings is 1. The lowest BCUT2D eigenvalue weighted by Crippen LogP contribution is -2.41. The van der Waals surface area contributed by atoms with Crippen molar-refractivity contribution in [2.75, 3.05) is 11.4 Å². The van der Waals surface area contributed by atoms with Crippen molar-refractivity contribution in [3.8, 4) is 0 Å². The van der Waals surface area contributed by atoms with Crippen molar-refractivity contribution in [2.24, 2.45) is 0 Å². The molecule has 0 N–H and O–H groups in total. The standard InChI is InChI=1S/C28H30N4O3S2/c1-3-21-10-15-25-26(18-21)36-28(30-25)31(19-23-9-4-6-16-29-23)27(33)22-11-13-24(14-12-22)37(34,35)32-17-7-5-8-20(32)2/h4,6,9-16,18,20H,3,5,7-8,17,19H2,1-2H3. The zero-order valence-electron chi connectivity index (χ0n) is 21.0. The van der Waals surface area contributed by atoms with Gasteiger partial charge in [0, 0.05) is 24.3 Å². The van der Waals surface area contributed by atoms with Gasteiger partial charge in [-0.05, 0) is 80.3 Å². The number of carbonyl (C=O) groups is 1. The summed E-state index contributed by atoms with van der Waals surface area (Å²) in [6.45, 7) is 4.84. The molecule has 5 rings (SSSR count). The maximum Gasteiger partial charge on any atom is 0.260 e. The molecule has 0 saturated carbocycles. The Morgan fingerprint density at radius 2 is 1.92 bits per heavy atom. The van der Waals surface area contributed by atoms with Crippen molar-refractivity contribution in [2.45, 2.75) is 57.0 Å². The number of anilines is 1. The van der Waals surface area contributed by atoms with Crippen LogP contribution in [0.25, 0.3) is 10.2 Å². The molecule has 192 valence electrons. The van der Waals surface area contributed by atoms with Crippen LogP contribution in [-0.4, -0.2) is 41.2 Å². The quantitative estimate of drug-likeness (QED) is 0.305. The monoisotopic (exact) mass is 534 g/mol. The molecule has 0 spiro atoms. The van der Waals surface area contributed by atoms with Crippen LogP contribution in [0.2, 0.25) is 0 Å². The van der Waals surface area contributed by atoms with Crippen molar-refractivity contribution in [3.63, 3.8) is 0 Å². The summed E-state index contributed by atoms with van der Waals surface area (Å²) in [6.07, 6.45) is 5.39. The minimum Gasteiger partial charge on any atom is -0.278 e. The third-order valence-electron chi connectivity index (χ3n) is 6.82. The lowest BCUT2D eigenvalue weighted by Gasteiger charge is -2.32. The molecule has 3 heterocycles. The highest BCUT2D eigenvalue weighted by molar-refractivity contribution is 7.89. The number of benzene rings is 2. The second kappa shape index (κ2) is 10.7. The van der Waals surface area contributed by atoms with Gasteiger partial charge in [-0.1, -0.05) is 36.8 Å². The molecule has 1 aliphatic heterocycles. The molecule has 2 aromatic carbocycles. The van der Waals surface area contributed by atoms with Crippen molar-refractivity contribution >= 4 is 42.6 Å². The van der Waals surface area contributed by atoms with Crippen molar-refractivity contribution in [3.05, 3.63) is 83.7 Å². The molecule has 0 bridgehead atoms. The van der Waals surface area contributed by atoms with Crippen molar-refractivity contribution in [1.29, 1.82) is 0 Å². The fourth-order valence-electron chi connectivity index (χ4n) is 4.66. The van der Waals surface area contributed by atoms with Gasteiger partial charge in [-0.15, -0.1) is 0 Å². The molecule has 1 saturated heterocycles. The molecule has 1 atom stereocenters. The summed E-state index contributed by atoms with van der Waals surface area (Å²) in [7, 11) is -3.61. The Hall–Kier alpha value is -3.14. The first-order valence-corrected chi connectivity index (χ1v) is 14.9. The molecular weight excluding hydrogens is 504 g/mol. The van der Waals surface area contributed by atoms with Crippen LogP contribution in [-0.2, 0) is 23.0 Å². The maximum absolute atomic E-state index is 13.8. The van der Waals surface area contributed by atoms with Gasteiger partial charge in [-0.3, -0.25) is 14.7 Å². The Morgan fingerprint density at radius 3 is 2.62 bits per heavy atom. The lowest BCUT2D eigenvalue weighted by molar-refractivity contribution is 0.0984. The molecular formula is C28H30N4O3S2. The molecule has 0 aliphatic carbocycles. The van der Waals surface area contributed by atoms with E-state index in [9.17, 15) is 13.2 Å². The SMILES string of the molecule is CCc1ccc2nc(N(Cc3ccccn3)C(=O)c3ccc(S(=O)(=O)N4CCCCC4C)cc3)sc2c1. The molecule has 2 aromatic heterocycles. The largest absolute Gasteiger partial charge is 0.278 e. The zero-order valence-corrected chi connectivity index (χ0v) is 22.6. The molecule has 4 aromatic rings. The van der Waals surface area contributed by atoms with Gasteiger partial charge in [-0.2, -0.15) is 4.31 Å². The van der Waals surface area contributed by atoms with Gasteiger partial charge in [0.2, 0.25) is 10.0 Å². The molecule has 37 heavy (non-hydrogen) atoms. The van der Waals surface area contributed by atoms with Gasteiger partial charge < -0.3 is 0 Å². The maximum atomic E-state index is 13.8. The van der Waals surface area contributed by atoms with E-state index in [-0.39, 0.29) is 23.4 Å². The van der Waals surface area contributed by atoms with Gasteiger partial charge in [0.25, 0.3) is 5.91 Å². The number of piperidine rings is 1. The highest BCUT2D eigenvalue weighted by atomic mass is 32.2. The molecule has 7 nitrogen and oxygen atoms in total. The first-order valence-electron chi connectivity index (χ1n) is 12.6. The molecule has 1 aliphatic rings. The lowest BCUT2D eigenvalue weighted by atomic mass is 10.1. The van der Waals surface area contributed by atoms with Gasteiger partial charge in [0.1, 0.15) is 0 Å². The van der Waals surface area contributed by atoms with Crippen LogP contribution in [0.1, 0.15) is 54.7 Å². The van der Waals surface area contributed by atoms with E-state index in [1.54, 1.807) is 27.5 Å². The number of nitrogens with zero attached hydrogens (tertiary/aromatic N) is 4. The fraction of sp³-hybridized carbons (Fsp3) is 0.321. The van der Waals surface area contributed by atoms with Gasteiger partial charge in [0.05, 0.1) is 27.4 Å². The van der Waals surface area contributed by atoms with Crippen molar-refractivity contribution in [1.82, 2.24) is 14.3 Å². The van der Waals surface area contributed by atoms with Crippen LogP contribution in [0.4, 0.5) is 5.13 Å². The Balaban J connectivity index is 1.47. The summed E-state index contributed by atoms with van der Waals surface area (Å²) >= 11 is 1.47. The number of carbonyl (C=O) groups excluding carboxylic acids is 1. The average Bonchev–Trinajstić information content (AvgIpc) is 3.35. The van der Waals surface area contributed by atoms with E-state index in [4.69, 9.17) is 4.98 Å². The first kappa shape index (κ1) is 25.5. The molecule has 1 fully saturated rings. The number of rotatable bonds is 7. The Kier molecular flexibility index (Phi) is 7.37. The number of hydrogen-bond acceptors (Lipinski definition) is 6. The summed E-state index contributed by atoms with van der Waals surface area (Å²) in [5, 5.41) is 0.581. The van der Waals surface area contributed by atoms with E-state index in [1.165, 1.54) is 29.0 Å². The van der Waals surface area contributed by atoms with Gasteiger partial charge in [-0.25, -0.2) is 13.4 Å². The number of aromatic nitrogens is 2. The smallest absolute Gasteiger partial charge is 0.260 e. The minimum atomic E-state index is -3.61. The highest BCUT2D eigenvalue weighted by Crippen LogP contribution is 2.32. The predicted octanol–water partition coefficient (Wildman–Crippen LogP) is 5.66. The predicted molar refractivity (Wildman–Crippen MR) is 147 cm³/mol. The molecule has 0 radical (unpaired) electrons. The number of hydrogen-bond donors (Lipinski definition) is 0. The Bertz CT molecular complexity index is 1500. The topological polar surface area (TPSA) is 83.5 Å². The highest BCUT2D eigenvalue weighted by Gasteiger charge is 2.31. The van der Waals surface area contributed by atoms with Crippen LogP contribution in [0.15, 0.2) is 71.8 Å². The normalized spacial score (nSPS) is 16.6. The van der Waals surface area contributed by atoms with Crippen LogP contribution in [0.3, 0.4) is 0 Å². The Morgan fingerprint density at radius 1 is 1.11 bits per heavy atom. The summed E-state index contributed by atoms with van der Waals surface area (Å²) in [4.78, 5) is 24.8. The number of pyridine rings is 1. The van der Waals surface area contributed by atoms with E-state index < -0.39 is 10.0 Å². The second-order valence-corrected chi connectivity index (χ2v) is 12.2. The van der Waals surface area contributed by atoms with E-state index in [2.05, 4.69) is 24.0 Å². The van der Waals surface area contributed by atoms with E-state index in [0.717, 1.165) is 41.6 Å². The zero-order chi connectivity index (χ0) is 26.0. The molecule has 9 heteroatoms. The number of amides is 1. The fourth-order valence-corrected chi connectivity index (χ4v) is 7.39. The number of aryl methyl sites for hydroxylation is 1. The number of sulfonamides is 1. The van der Waals surface area contributed by atoms with E-state index in [1.807, 2.05) is 31.2 Å². The minimum absolute atomic E-state index is 0.0267. The summed E-state index contributed by atoms with van der Waals surface area (Å²) in [5.74, 6) is -0.254. The molecule has 1 unspecified atom stereocenters. The van der Waals surface area contributed by atoms with E-state index >= 15 is 0 Å². The van der Waals surface area contributed by atoms with Crippen LogP contribution in [0, 0.1) is 0 Å². The third kappa shape index (κ3) is 5.30. The second-order valence-electron chi connectivity index (χ2n) is 9.35. The van der Waals surface area contributed by atoms with Gasteiger partial charge in [0.15, 0.2) is 5.13 Å². The first-order chi connectivity index (χ1) is 17.9. The number of fused-ring (bicyclic) bond motifs is 1.